The third kappa shape index (κ3) is 4.95. The van der Waals surface area contributed by atoms with Crippen LogP contribution in [-0.2, 0) is 11.3 Å². The monoisotopic (exact) mass is 390 g/mol. The van der Waals surface area contributed by atoms with Crippen molar-refractivity contribution in [1.82, 2.24) is 15.2 Å². The molecule has 6 nitrogen and oxygen atoms in total. The van der Waals surface area contributed by atoms with Crippen molar-refractivity contribution in [2.24, 2.45) is 0 Å². The first kappa shape index (κ1) is 19.1. The molecule has 0 saturated carbocycles. The standard InChI is InChI=1S/C19H20ClFN4O2/c20-15-3-1-4-16(11-15)24-18(27)25-10-2-7-19(21,13-25)17(26)23-12-14-5-8-22-9-6-14/h1,3-6,8-9,11H,2,7,10,12-13H2,(H,23,26)(H,24,27). The molecule has 1 saturated heterocycles. The first-order valence-corrected chi connectivity index (χ1v) is 9.02. The van der Waals surface area contributed by atoms with Gasteiger partial charge < -0.3 is 15.5 Å². The molecule has 1 aromatic carbocycles. The zero-order chi connectivity index (χ0) is 19.3. The van der Waals surface area contributed by atoms with Crippen LogP contribution in [-0.4, -0.2) is 40.6 Å². The SMILES string of the molecule is O=C(Nc1cccc(Cl)c1)N1CCCC(F)(C(=O)NCc2ccncc2)C1. The van der Waals surface area contributed by atoms with Gasteiger partial charge in [0.1, 0.15) is 0 Å². The second-order valence-electron chi connectivity index (χ2n) is 6.47. The number of nitrogens with one attached hydrogen (secondary N) is 2. The molecule has 2 N–H and O–H groups in total. The predicted molar refractivity (Wildman–Crippen MR) is 101 cm³/mol. The van der Waals surface area contributed by atoms with Crippen molar-refractivity contribution < 1.29 is 14.0 Å². The van der Waals surface area contributed by atoms with Crippen LogP contribution in [0.25, 0.3) is 0 Å². The van der Waals surface area contributed by atoms with Crippen molar-refractivity contribution in [2.75, 3.05) is 18.4 Å². The van der Waals surface area contributed by atoms with E-state index in [4.69, 9.17) is 11.6 Å². The summed E-state index contributed by atoms with van der Waals surface area (Å²) in [6.45, 7) is 0.305. The van der Waals surface area contributed by atoms with E-state index in [2.05, 4.69) is 15.6 Å². The molecule has 0 bridgehead atoms. The van der Waals surface area contributed by atoms with Crippen LogP contribution >= 0.6 is 11.6 Å². The Morgan fingerprint density at radius 2 is 2.04 bits per heavy atom. The molecule has 1 aliphatic rings. The number of carbonyl (C=O) groups excluding carboxylic acids is 2. The maximum absolute atomic E-state index is 15.2. The molecular formula is C19H20ClFN4O2. The van der Waals surface area contributed by atoms with Gasteiger partial charge in [0.15, 0.2) is 0 Å². The second-order valence-corrected chi connectivity index (χ2v) is 6.91. The van der Waals surface area contributed by atoms with Gasteiger partial charge in [-0.1, -0.05) is 17.7 Å². The predicted octanol–water partition coefficient (Wildman–Crippen LogP) is 3.39. The maximum atomic E-state index is 15.2. The summed E-state index contributed by atoms with van der Waals surface area (Å²) in [5.41, 5.74) is -0.769. The van der Waals surface area contributed by atoms with E-state index >= 15 is 4.39 Å². The minimum absolute atomic E-state index is 0.0795. The molecule has 0 spiro atoms. The van der Waals surface area contributed by atoms with E-state index in [1.807, 2.05) is 0 Å². The molecule has 8 heteroatoms. The fraction of sp³-hybridized carbons (Fsp3) is 0.316. The van der Waals surface area contributed by atoms with Gasteiger partial charge in [-0.2, -0.15) is 0 Å². The van der Waals surface area contributed by atoms with E-state index in [0.717, 1.165) is 5.56 Å². The number of nitrogens with zero attached hydrogens (tertiary/aromatic N) is 2. The highest BCUT2D eigenvalue weighted by molar-refractivity contribution is 6.30. The number of aromatic nitrogens is 1. The zero-order valence-electron chi connectivity index (χ0n) is 14.6. The van der Waals surface area contributed by atoms with Gasteiger partial charge in [0.05, 0.1) is 6.54 Å². The van der Waals surface area contributed by atoms with Crippen molar-refractivity contribution in [2.45, 2.75) is 25.1 Å². The summed E-state index contributed by atoms with van der Waals surface area (Å²) < 4.78 is 15.2. The van der Waals surface area contributed by atoms with Gasteiger partial charge in [0.2, 0.25) is 5.67 Å². The number of benzene rings is 1. The number of rotatable bonds is 4. The van der Waals surface area contributed by atoms with Crippen molar-refractivity contribution in [3.63, 3.8) is 0 Å². The molecule has 1 fully saturated rings. The summed E-state index contributed by atoms with van der Waals surface area (Å²) in [7, 11) is 0. The number of likely N-dealkylation sites (tertiary alicyclic amines) is 1. The zero-order valence-corrected chi connectivity index (χ0v) is 15.4. The number of anilines is 1. The van der Waals surface area contributed by atoms with Gasteiger partial charge in [-0.15, -0.1) is 0 Å². The number of alkyl halides is 1. The molecule has 1 aromatic heterocycles. The van der Waals surface area contributed by atoms with Crippen LogP contribution in [0.3, 0.4) is 0 Å². The molecule has 0 aliphatic carbocycles. The summed E-state index contributed by atoms with van der Waals surface area (Å²) in [5.74, 6) is -0.709. The second kappa shape index (κ2) is 8.35. The number of carbonyl (C=O) groups is 2. The van der Waals surface area contributed by atoms with Crippen LogP contribution < -0.4 is 10.6 Å². The van der Waals surface area contributed by atoms with Crippen LogP contribution in [0.4, 0.5) is 14.9 Å². The Morgan fingerprint density at radius 1 is 1.26 bits per heavy atom. The molecule has 3 rings (SSSR count). The summed E-state index contributed by atoms with van der Waals surface area (Å²) >= 11 is 5.90. The van der Waals surface area contributed by atoms with E-state index in [1.54, 1.807) is 48.8 Å². The number of hydrogen-bond donors (Lipinski definition) is 2. The van der Waals surface area contributed by atoms with Crippen LogP contribution in [0.2, 0.25) is 5.02 Å². The normalized spacial score (nSPS) is 19.4. The number of piperidine rings is 1. The fourth-order valence-electron chi connectivity index (χ4n) is 2.98. The van der Waals surface area contributed by atoms with E-state index in [1.165, 1.54) is 4.90 Å². The fourth-order valence-corrected chi connectivity index (χ4v) is 3.17. The van der Waals surface area contributed by atoms with Crippen molar-refractivity contribution in [1.29, 1.82) is 0 Å². The smallest absolute Gasteiger partial charge is 0.321 e. The lowest BCUT2D eigenvalue weighted by atomic mass is 9.93. The summed E-state index contributed by atoms with van der Waals surface area (Å²) in [6, 6.07) is 9.73. The highest BCUT2D eigenvalue weighted by Crippen LogP contribution is 2.26. The van der Waals surface area contributed by atoms with Crippen LogP contribution in [0.5, 0.6) is 0 Å². The average Bonchev–Trinajstić information content (AvgIpc) is 2.67. The number of pyridine rings is 1. The number of halogens is 2. The van der Waals surface area contributed by atoms with Crippen molar-refractivity contribution in [3.05, 3.63) is 59.4 Å². The summed E-state index contributed by atoms with van der Waals surface area (Å²) in [5, 5.41) is 5.78. The number of urea groups is 1. The van der Waals surface area contributed by atoms with Gasteiger partial charge >= 0.3 is 6.03 Å². The Bertz CT molecular complexity index is 820. The van der Waals surface area contributed by atoms with Crippen LogP contribution in [0.15, 0.2) is 48.8 Å². The molecule has 1 unspecified atom stereocenters. The molecule has 1 atom stereocenters. The highest BCUT2D eigenvalue weighted by Gasteiger charge is 2.43. The lowest BCUT2D eigenvalue weighted by molar-refractivity contribution is -0.135. The molecule has 142 valence electrons. The minimum Gasteiger partial charge on any atom is -0.349 e. The Balaban J connectivity index is 1.59. The Morgan fingerprint density at radius 3 is 2.78 bits per heavy atom. The topological polar surface area (TPSA) is 74.3 Å². The lowest BCUT2D eigenvalue weighted by Gasteiger charge is -2.36. The summed E-state index contributed by atoms with van der Waals surface area (Å²) in [6.07, 6.45) is 3.70. The molecule has 27 heavy (non-hydrogen) atoms. The first-order chi connectivity index (χ1) is 13.0. The Kier molecular flexibility index (Phi) is 5.91. The van der Waals surface area contributed by atoms with Gasteiger partial charge in [0, 0.05) is 36.2 Å². The van der Waals surface area contributed by atoms with Gasteiger partial charge in [-0.25, -0.2) is 9.18 Å². The van der Waals surface area contributed by atoms with Gasteiger partial charge in [0.25, 0.3) is 5.91 Å². The van der Waals surface area contributed by atoms with E-state index in [-0.39, 0.29) is 19.5 Å². The summed E-state index contributed by atoms with van der Waals surface area (Å²) in [4.78, 5) is 30.0. The molecule has 1 aliphatic heterocycles. The molecule has 3 amide bonds. The first-order valence-electron chi connectivity index (χ1n) is 8.64. The van der Waals surface area contributed by atoms with Crippen molar-refractivity contribution in [3.8, 4) is 0 Å². The third-order valence-corrected chi connectivity index (χ3v) is 4.65. The number of hydrogen-bond acceptors (Lipinski definition) is 3. The van der Waals surface area contributed by atoms with Gasteiger partial charge in [-0.3, -0.25) is 9.78 Å². The molecule has 0 radical (unpaired) electrons. The maximum Gasteiger partial charge on any atom is 0.321 e. The lowest BCUT2D eigenvalue weighted by Crippen LogP contribution is -2.56. The quantitative estimate of drug-likeness (QED) is 0.840. The Hall–Kier alpha value is -2.67. The van der Waals surface area contributed by atoms with Gasteiger partial charge in [-0.05, 0) is 48.7 Å². The van der Waals surface area contributed by atoms with E-state index < -0.39 is 17.6 Å². The molecule has 2 heterocycles. The van der Waals surface area contributed by atoms with E-state index in [9.17, 15) is 9.59 Å². The van der Waals surface area contributed by atoms with Crippen molar-refractivity contribution >= 4 is 29.2 Å². The largest absolute Gasteiger partial charge is 0.349 e. The minimum atomic E-state index is -2.11. The number of amides is 3. The average molecular weight is 391 g/mol. The molecule has 2 aromatic rings. The molecular weight excluding hydrogens is 371 g/mol. The Labute approximate surface area is 161 Å². The third-order valence-electron chi connectivity index (χ3n) is 4.42. The van der Waals surface area contributed by atoms with Crippen LogP contribution in [0, 0.1) is 0 Å². The highest BCUT2D eigenvalue weighted by atomic mass is 35.5. The van der Waals surface area contributed by atoms with Crippen LogP contribution in [0.1, 0.15) is 18.4 Å². The van der Waals surface area contributed by atoms with E-state index in [0.29, 0.717) is 23.7 Å².